The number of nitrogens with zero attached hydrogens (tertiary/aromatic N) is 6. The molecule has 0 aliphatic rings. The summed E-state index contributed by atoms with van der Waals surface area (Å²) < 4.78 is 85.1. The van der Waals surface area contributed by atoms with E-state index in [2.05, 4.69) is 20.9 Å². The number of benzene rings is 5. The Hall–Kier alpha value is -6.94. The average Bonchev–Trinajstić information content (AvgIpc) is 3.94. The van der Waals surface area contributed by atoms with Crippen LogP contribution < -0.4 is 24.8 Å². The molecule has 0 fully saturated rings. The number of tetrazole rings is 1. The zero-order valence-electron chi connectivity index (χ0n) is 38.3. The van der Waals surface area contributed by atoms with E-state index < -0.39 is 53.6 Å². The smallest absolute Gasteiger partial charge is 0.407 e. The van der Waals surface area contributed by atoms with Gasteiger partial charge < -0.3 is 29.6 Å². The van der Waals surface area contributed by atoms with Gasteiger partial charge in [0.05, 0.1) is 54.3 Å². The first kappa shape index (κ1) is 49.0. The summed E-state index contributed by atoms with van der Waals surface area (Å²) >= 11 is 1.20. The maximum atomic E-state index is 16.1. The van der Waals surface area contributed by atoms with Gasteiger partial charge in [-0.1, -0.05) is 65.9 Å². The van der Waals surface area contributed by atoms with Crippen LogP contribution in [0.1, 0.15) is 44.4 Å². The molecule has 2 amide bonds. The molecule has 0 atom stereocenters. The highest BCUT2D eigenvalue weighted by atomic mass is 32.2. The van der Waals surface area contributed by atoms with Crippen molar-refractivity contribution >= 4 is 58.5 Å². The highest BCUT2D eigenvalue weighted by Gasteiger charge is 2.38. The van der Waals surface area contributed by atoms with Crippen LogP contribution in [0.2, 0.25) is 0 Å². The van der Waals surface area contributed by atoms with Gasteiger partial charge in [-0.3, -0.25) is 4.79 Å². The van der Waals surface area contributed by atoms with Crippen molar-refractivity contribution in [1.29, 1.82) is 0 Å². The molecular formula is C47H50N8O10S3. The molecule has 21 heteroatoms. The lowest BCUT2D eigenvalue weighted by molar-refractivity contribution is -0.114. The molecule has 0 saturated heterocycles. The number of anilines is 1. The van der Waals surface area contributed by atoms with Crippen molar-refractivity contribution in [2.75, 3.05) is 38.9 Å². The minimum atomic E-state index is -4.96. The molecule has 0 aliphatic heterocycles. The lowest BCUT2D eigenvalue weighted by Gasteiger charge is -2.26. The van der Waals surface area contributed by atoms with Crippen molar-refractivity contribution in [2.24, 2.45) is 0 Å². The third-order valence-electron chi connectivity index (χ3n) is 10.3. The molecule has 7 aromatic rings. The van der Waals surface area contributed by atoms with E-state index in [1.165, 1.54) is 53.7 Å². The zero-order chi connectivity index (χ0) is 48.8. The molecule has 0 spiro atoms. The maximum absolute atomic E-state index is 16.1. The molecule has 2 N–H and O–H groups in total. The van der Waals surface area contributed by atoms with Gasteiger partial charge >= 0.3 is 6.09 Å². The van der Waals surface area contributed by atoms with Gasteiger partial charge in [0.25, 0.3) is 0 Å². The summed E-state index contributed by atoms with van der Waals surface area (Å²) in [4.78, 5) is 29.6. The quantitative estimate of drug-likeness (QED) is 0.0859. The summed E-state index contributed by atoms with van der Waals surface area (Å²) in [7, 11) is -4.98. The van der Waals surface area contributed by atoms with Crippen molar-refractivity contribution in [3.63, 3.8) is 0 Å². The number of sulfonamides is 1. The van der Waals surface area contributed by atoms with Gasteiger partial charge in [0.2, 0.25) is 21.8 Å². The van der Waals surface area contributed by atoms with Crippen LogP contribution in [0.5, 0.6) is 17.2 Å². The number of hydrogen-bond donors (Lipinski definition) is 2. The summed E-state index contributed by atoms with van der Waals surface area (Å²) in [5.74, 6) is 0.448. The van der Waals surface area contributed by atoms with Crippen molar-refractivity contribution < 1.29 is 45.4 Å². The number of para-hydroxylation sites is 1. The Morgan fingerprint density at radius 2 is 1.32 bits per heavy atom. The molecule has 18 nitrogen and oxygen atoms in total. The lowest BCUT2D eigenvalue weighted by Crippen LogP contribution is -2.35. The summed E-state index contributed by atoms with van der Waals surface area (Å²) in [5, 5.41) is 19.0. The summed E-state index contributed by atoms with van der Waals surface area (Å²) in [6.07, 6.45) is -0.852. The van der Waals surface area contributed by atoms with E-state index in [0.29, 0.717) is 49.3 Å². The Balaban J connectivity index is 1.49. The molecular weight excluding hydrogens is 933 g/mol. The number of carbonyl (C=O) groups is 2. The van der Waals surface area contributed by atoms with E-state index in [0.717, 1.165) is 5.56 Å². The van der Waals surface area contributed by atoms with Crippen molar-refractivity contribution in [1.82, 2.24) is 34.8 Å². The number of sulfone groups is 1. The highest BCUT2D eigenvalue weighted by Crippen LogP contribution is 2.44. The molecule has 2 heterocycles. The topological polar surface area (TPSA) is 223 Å². The van der Waals surface area contributed by atoms with Gasteiger partial charge in [-0.25, -0.2) is 26.6 Å². The van der Waals surface area contributed by atoms with Crippen LogP contribution in [0.4, 0.5) is 9.93 Å². The first-order chi connectivity index (χ1) is 32.4. The highest BCUT2D eigenvalue weighted by molar-refractivity contribution is 7.93. The van der Waals surface area contributed by atoms with E-state index in [1.54, 1.807) is 107 Å². The van der Waals surface area contributed by atoms with Crippen molar-refractivity contribution in [3.8, 4) is 39.8 Å². The van der Waals surface area contributed by atoms with E-state index in [1.807, 2.05) is 12.1 Å². The average molecular weight is 983 g/mol. The fraction of sp³-hybridized carbons (Fsp3) is 0.277. The monoisotopic (exact) mass is 982 g/mol. The third kappa shape index (κ3) is 11.6. The van der Waals surface area contributed by atoms with Gasteiger partial charge in [-0.15, -0.1) is 10.2 Å². The second kappa shape index (κ2) is 20.5. The van der Waals surface area contributed by atoms with E-state index in [9.17, 15) is 18.0 Å². The standard InChI is InChI=1S/C47H50N8O10S3/c1-30(56)49-45-50-42-38(9-8-10-39(42)66-45)37-23-24-40(67(58,59)26-25-48-46(57)65-47(2,3)4)43(41(37)44-51-53-55(52-44)29-33-15-21-36(64-7)22-16-33)68(60,61)54(27-31-11-17-34(62-5)18-12-31)28-32-13-19-35(63-6)20-14-32/h8-24H,25-29H2,1-7H3,(H,48,57)(H,49,50,56). The van der Waals surface area contributed by atoms with Gasteiger partial charge in [-0.2, -0.15) is 9.10 Å². The van der Waals surface area contributed by atoms with Crippen LogP contribution in [0, 0.1) is 0 Å². The SMILES string of the molecule is COc1ccc(CN(Cc2ccc(OC)cc2)S(=O)(=O)c2c(S(=O)(=O)CCNC(=O)OC(C)(C)C)ccc(-c3cccc4sc(NC(C)=O)nc34)c2-c2nnn(Cc3ccc(OC)cc3)n2)cc1. The van der Waals surface area contributed by atoms with E-state index in [4.69, 9.17) is 29.0 Å². The normalized spacial score (nSPS) is 11.9. The first-order valence-corrected chi connectivity index (χ1v) is 25.0. The second-order valence-corrected chi connectivity index (χ2v) is 21.4. The molecule has 68 heavy (non-hydrogen) atoms. The Bertz CT molecular complexity index is 3100. The summed E-state index contributed by atoms with van der Waals surface area (Å²) in [6.45, 7) is 5.60. The fourth-order valence-corrected chi connectivity index (χ4v) is 11.7. The van der Waals surface area contributed by atoms with E-state index in [-0.39, 0.29) is 42.5 Å². The largest absolute Gasteiger partial charge is 0.497 e. The number of rotatable bonds is 18. The molecule has 0 unspecified atom stereocenters. The first-order valence-electron chi connectivity index (χ1n) is 21.1. The number of alkyl carbamates (subject to hydrolysis) is 1. The number of thiazole rings is 1. The number of fused-ring (bicyclic) bond motifs is 1. The number of amides is 2. The molecule has 0 radical (unpaired) electrons. The van der Waals surface area contributed by atoms with Crippen LogP contribution in [0.25, 0.3) is 32.7 Å². The minimum Gasteiger partial charge on any atom is -0.497 e. The van der Waals surface area contributed by atoms with Crippen LogP contribution in [-0.2, 0) is 49.0 Å². The van der Waals surface area contributed by atoms with Crippen LogP contribution >= 0.6 is 11.3 Å². The Morgan fingerprint density at radius 3 is 1.87 bits per heavy atom. The summed E-state index contributed by atoms with van der Waals surface area (Å²) in [6, 6.07) is 28.8. The van der Waals surface area contributed by atoms with Crippen LogP contribution in [0.3, 0.4) is 0 Å². The maximum Gasteiger partial charge on any atom is 0.407 e. The molecule has 5 aromatic carbocycles. The van der Waals surface area contributed by atoms with Crippen LogP contribution in [0.15, 0.2) is 113 Å². The van der Waals surface area contributed by atoms with E-state index >= 15 is 8.42 Å². The molecule has 2 aromatic heterocycles. The summed E-state index contributed by atoms with van der Waals surface area (Å²) in [5.41, 5.74) is 1.83. The number of carbonyl (C=O) groups excluding carboxylic acids is 2. The van der Waals surface area contributed by atoms with Crippen molar-refractivity contribution in [2.45, 2.75) is 62.7 Å². The van der Waals surface area contributed by atoms with Crippen LogP contribution in [-0.4, -0.2) is 97.6 Å². The lowest BCUT2D eigenvalue weighted by atomic mass is 9.98. The number of methoxy groups -OCH3 is 3. The number of hydrogen-bond acceptors (Lipinski definition) is 15. The molecule has 0 bridgehead atoms. The molecule has 7 rings (SSSR count). The Labute approximate surface area is 398 Å². The zero-order valence-corrected chi connectivity index (χ0v) is 40.8. The molecule has 0 aliphatic carbocycles. The fourth-order valence-electron chi connectivity index (χ4n) is 7.12. The predicted molar refractivity (Wildman–Crippen MR) is 257 cm³/mol. The molecule has 356 valence electrons. The van der Waals surface area contributed by atoms with Gasteiger partial charge in [-0.05, 0) is 96.8 Å². The van der Waals surface area contributed by atoms with Crippen molar-refractivity contribution in [3.05, 3.63) is 120 Å². The minimum absolute atomic E-state index is 0.103. The third-order valence-corrected chi connectivity index (χ3v) is 15.0. The predicted octanol–water partition coefficient (Wildman–Crippen LogP) is 7.34. The van der Waals surface area contributed by atoms with Gasteiger partial charge in [0.1, 0.15) is 27.7 Å². The van der Waals surface area contributed by atoms with Gasteiger partial charge in [0, 0.05) is 32.1 Å². The Morgan fingerprint density at radius 1 is 0.750 bits per heavy atom. The number of aromatic nitrogens is 5. The Kier molecular flexibility index (Phi) is 14.8. The number of nitrogens with one attached hydrogen (secondary N) is 2. The van der Waals surface area contributed by atoms with Gasteiger partial charge in [0.15, 0.2) is 15.0 Å². The number of ether oxygens (including phenoxy) is 4. The second-order valence-electron chi connectivity index (χ2n) is 16.4. The molecule has 0 saturated carbocycles.